The summed E-state index contributed by atoms with van der Waals surface area (Å²) in [4.78, 5) is 23.0. The van der Waals surface area contributed by atoms with Crippen molar-refractivity contribution in [3.8, 4) is 0 Å². The number of hydrogen-bond acceptors (Lipinski definition) is 2. The zero-order valence-electron chi connectivity index (χ0n) is 12.7. The molecule has 0 aromatic heterocycles. The van der Waals surface area contributed by atoms with E-state index in [-0.39, 0.29) is 18.0 Å². The second-order valence-electron chi connectivity index (χ2n) is 6.18. The Balaban J connectivity index is 2.41. The van der Waals surface area contributed by atoms with Crippen molar-refractivity contribution in [1.82, 2.24) is 10.6 Å². The molecule has 5 heteroatoms. The first-order chi connectivity index (χ1) is 9.49. The first-order valence-electron chi connectivity index (χ1n) is 7.79. The van der Waals surface area contributed by atoms with Gasteiger partial charge in [0.1, 0.15) is 6.04 Å². The number of urea groups is 1. The number of carboxylic acids is 1. The van der Waals surface area contributed by atoms with E-state index in [1.165, 1.54) is 19.3 Å². The highest BCUT2D eigenvalue weighted by Gasteiger charge is 2.22. The molecule has 2 amide bonds. The summed E-state index contributed by atoms with van der Waals surface area (Å²) in [6.45, 7) is 3.90. The summed E-state index contributed by atoms with van der Waals surface area (Å²) >= 11 is 0. The molecule has 116 valence electrons. The van der Waals surface area contributed by atoms with Crippen LogP contribution in [-0.2, 0) is 4.79 Å². The first-order valence-corrected chi connectivity index (χ1v) is 7.79. The molecular weight excluding hydrogens is 256 g/mol. The van der Waals surface area contributed by atoms with Crippen molar-refractivity contribution in [3.63, 3.8) is 0 Å². The molecule has 1 saturated carbocycles. The van der Waals surface area contributed by atoms with E-state index in [0.717, 1.165) is 25.7 Å². The minimum absolute atomic E-state index is 0.184. The van der Waals surface area contributed by atoms with E-state index in [1.807, 2.05) is 13.8 Å². The van der Waals surface area contributed by atoms with E-state index in [2.05, 4.69) is 10.6 Å². The maximum atomic E-state index is 11.9. The van der Waals surface area contributed by atoms with E-state index < -0.39 is 12.0 Å². The lowest BCUT2D eigenvalue weighted by atomic mass is 9.97. The predicted molar refractivity (Wildman–Crippen MR) is 78.7 cm³/mol. The maximum absolute atomic E-state index is 11.9. The number of carbonyl (C=O) groups excluding carboxylic acids is 1. The summed E-state index contributed by atoms with van der Waals surface area (Å²) in [5, 5.41) is 14.6. The lowest BCUT2D eigenvalue weighted by Gasteiger charge is -2.23. The lowest BCUT2D eigenvalue weighted by molar-refractivity contribution is -0.139. The van der Waals surface area contributed by atoms with E-state index >= 15 is 0 Å². The fraction of sp³-hybridized carbons (Fsp3) is 0.867. The van der Waals surface area contributed by atoms with Gasteiger partial charge in [-0.2, -0.15) is 0 Å². The quantitative estimate of drug-likeness (QED) is 0.726. The molecular formula is C15H28N2O3. The summed E-state index contributed by atoms with van der Waals surface area (Å²) in [7, 11) is 0. The summed E-state index contributed by atoms with van der Waals surface area (Å²) in [6.07, 6.45) is 8.46. The smallest absolute Gasteiger partial charge is 0.326 e. The number of nitrogens with one attached hydrogen (secondary N) is 2. The molecule has 0 bridgehead atoms. The zero-order chi connectivity index (χ0) is 15.0. The van der Waals surface area contributed by atoms with Crippen molar-refractivity contribution in [2.24, 2.45) is 5.92 Å². The molecule has 0 heterocycles. The number of hydrogen-bond donors (Lipinski definition) is 3. The predicted octanol–water partition coefficient (Wildman–Crippen LogP) is 2.90. The molecule has 1 rings (SSSR count). The van der Waals surface area contributed by atoms with Gasteiger partial charge >= 0.3 is 12.0 Å². The SMILES string of the molecule is CC(C)CC(NC(=O)NC1CCCCCCC1)C(=O)O. The van der Waals surface area contributed by atoms with Gasteiger partial charge in [0.25, 0.3) is 0 Å². The van der Waals surface area contributed by atoms with Crippen LogP contribution in [-0.4, -0.2) is 29.2 Å². The standard InChI is InChI=1S/C15H28N2O3/c1-11(2)10-13(14(18)19)17-15(20)16-12-8-6-4-3-5-7-9-12/h11-13H,3-10H2,1-2H3,(H,18,19)(H2,16,17,20). The molecule has 0 aromatic carbocycles. The second-order valence-corrected chi connectivity index (χ2v) is 6.18. The molecule has 0 aromatic rings. The highest BCUT2D eigenvalue weighted by molar-refractivity contribution is 5.82. The topological polar surface area (TPSA) is 78.4 Å². The number of rotatable bonds is 5. The van der Waals surface area contributed by atoms with Crippen LogP contribution in [0.3, 0.4) is 0 Å². The third kappa shape index (κ3) is 6.78. The summed E-state index contributed by atoms with van der Waals surface area (Å²) in [5.41, 5.74) is 0. The molecule has 1 aliphatic carbocycles. The Labute approximate surface area is 121 Å². The van der Waals surface area contributed by atoms with Crippen LogP contribution in [0.1, 0.15) is 65.2 Å². The largest absolute Gasteiger partial charge is 0.480 e. The van der Waals surface area contributed by atoms with E-state index in [0.29, 0.717) is 6.42 Å². The molecule has 1 fully saturated rings. The van der Waals surface area contributed by atoms with Crippen LogP contribution >= 0.6 is 0 Å². The van der Waals surface area contributed by atoms with Crippen molar-refractivity contribution in [3.05, 3.63) is 0 Å². The zero-order valence-corrected chi connectivity index (χ0v) is 12.7. The van der Waals surface area contributed by atoms with Crippen molar-refractivity contribution >= 4 is 12.0 Å². The van der Waals surface area contributed by atoms with Crippen molar-refractivity contribution < 1.29 is 14.7 Å². The fourth-order valence-electron chi connectivity index (χ4n) is 2.68. The van der Waals surface area contributed by atoms with Gasteiger partial charge in [-0.05, 0) is 25.2 Å². The molecule has 1 unspecified atom stereocenters. The summed E-state index contributed by atoms with van der Waals surface area (Å²) < 4.78 is 0. The summed E-state index contributed by atoms with van der Waals surface area (Å²) in [5.74, 6) is -0.732. The van der Waals surface area contributed by atoms with Crippen molar-refractivity contribution in [2.45, 2.75) is 77.3 Å². The first kappa shape index (κ1) is 16.8. The van der Waals surface area contributed by atoms with Gasteiger partial charge in [-0.25, -0.2) is 9.59 Å². The number of carboxylic acid groups (broad SMARTS) is 1. The van der Waals surface area contributed by atoms with Gasteiger partial charge in [-0.3, -0.25) is 0 Å². The average molecular weight is 284 g/mol. The van der Waals surface area contributed by atoms with Gasteiger partial charge in [-0.15, -0.1) is 0 Å². The van der Waals surface area contributed by atoms with Crippen molar-refractivity contribution in [2.75, 3.05) is 0 Å². The van der Waals surface area contributed by atoms with Crippen LogP contribution < -0.4 is 10.6 Å². The maximum Gasteiger partial charge on any atom is 0.326 e. The van der Waals surface area contributed by atoms with Crippen LogP contribution in [0.4, 0.5) is 4.79 Å². The van der Waals surface area contributed by atoms with Gasteiger partial charge in [0.05, 0.1) is 0 Å². The minimum atomic E-state index is -0.966. The Bertz CT molecular complexity index is 310. The van der Waals surface area contributed by atoms with Crippen LogP contribution in [0.2, 0.25) is 0 Å². The number of carbonyl (C=O) groups is 2. The van der Waals surface area contributed by atoms with E-state index in [9.17, 15) is 9.59 Å². The average Bonchev–Trinajstić information content (AvgIpc) is 2.31. The van der Waals surface area contributed by atoms with E-state index in [1.54, 1.807) is 0 Å². The Morgan fingerprint density at radius 3 is 2.15 bits per heavy atom. The highest BCUT2D eigenvalue weighted by atomic mass is 16.4. The molecule has 0 saturated heterocycles. The van der Waals surface area contributed by atoms with Crippen molar-refractivity contribution in [1.29, 1.82) is 0 Å². The number of amides is 2. The Morgan fingerprint density at radius 2 is 1.65 bits per heavy atom. The van der Waals surface area contributed by atoms with Gasteiger partial charge in [-0.1, -0.05) is 46.0 Å². The molecule has 0 spiro atoms. The molecule has 1 aliphatic rings. The number of aliphatic carboxylic acids is 1. The molecule has 0 radical (unpaired) electrons. The van der Waals surface area contributed by atoms with Crippen LogP contribution in [0.15, 0.2) is 0 Å². The fourth-order valence-corrected chi connectivity index (χ4v) is 2.68. The highest BCUT2D eigenvalue weighted by Crippen LogP contribution is 2.17. The van der Waals surface area contributed by atoms with Gasteiger partial charge in [0, 0.05) is 6.04 Å². The molecule has 20 heavy (non-hydrogen) atoms. The van der Waals surface area contributed by atoms with Gasteiger partial charge < -0.3 is 15.7 Å². The lowest BCUT2D eigenvalue weighted by Crippen LogP contribution is -2.49. The Morgan fingerprint density at radius 1 is 1.10 bits per heavy atom. The summed E-state index contributed by atoms with van der Waals surface area (Å²) in [6, 6.07) is -0.962. The Hall–Kier alpha value is -1.26. The van der Waals surface area contributed by atoms with Crippen LogP contribution in [0.25, 0.3) is 0 Å². The Kier molecular flexibility index (Phi) is 7.41. The van der Waals surface area contributed by atoms with Gasteiger partial charge in [0.15, 0.2) is 0 Å². The van der Waals surface area contributed by atoms with Crippen LogP contribution in [0, 0.1) is 5.92 Å². The van der Waals surface area contributed by atoms with Crippen LogP contribution in [0.5, 0.6) is 0 Å². The monoisotopic (exact) mass is 284 g/mol. The normalized spacial score (nSPS) is 18.9. The second kappa shape index (κ2) is 8.82. The van der Waals surface area contributed by atoms with E-state index in [4.69, 9.17) is 5.11 Å². The molecule has 1 atom stereocenters. The van der Waals surface area contributed by atoms with Gasteiger partial charge in [0.2, 0.25) is 0 Å². The third-order valence-electron chi connectivity index (χ3n) is 3.75. The minimum Gasteiger partial charge on any atom is -0.480 e. The molecule has 0 aliphatic heterocycles. The molecule has 5 nitrogen and oxygen atoms in total. The third-order valence-corrected chi connectivity index (χ3v) is 3.75. The molecule has 3 N–H and O–H groups in total.